The second kappa shape index (κ2) is 9.77. The second-order valence-corrected chi connectivity index (χ2v) is 8.40. The molecule has 3 heterocycles. The summed E-state index contributed by atoms with van der Waals surface area (Å²) in [6.07, 6.45) is 0. The summed E-state index contributed by atoms with van der Waals surface area (Å²) in [5.41, 5.74) is 2.13. The average molecular weight is 476 g/mol. The average Bonchev–Trinajstić information content (AvgIpc) is 2.85. The zero-order valence-corrected chi connectivity index (χ0v) is 19.0. The molecule has 0 unspecified atom stereocenters. The lowest BCUT2D eigenvalue weighted by Gasteiger charge is -2.26. The molecule has 0 spiro atoms. The van der Waals surface area contributed by atoms with Crippen molar-refractivity contribution in [3.8, 4) is 11.3 Å². The van der Waals surface area contributed by atoms with Crippen LogP contribution in [-0.2, 0) is 11.3 Å². The van der Waals surface area contributed by atoms with Gasteiger partial charge in [-0.15, -0.1) is 0 Å². The number of pyridine rings is 1. The van der Waals surface area contributed by atoms with Crippen LogP contribution in [0.25, 0.3) is 22.3 Å². The number of ether oxygens (including phenoxy) is 1. The van der Waals surface area contributed by atoms with E-state index in [1.165, 1.54) is 6.07 Å². The standard InChI is InChI=1S/C26H22ClN3O4/c27-20-8-2-1-6-18(20)24-15-23(31)19-7-4-9-21(25(19)34-24)29-26(32)22-10-3-5-17(28-22)16-30-11-13-33-14-12-30/h1-10,15H,11-14,16H2,(H,29,32). The van der Waals surface area contributed by atoms with E-state index in [1.54, 1.807) is 42.5 Å². The molecule has 1 aliphatic rings. The van der Waals surface area contributed by atoms with Gasteiger partial charge in [0.2, 0.25) is 0 Å². The Balaban J connectivity index is 1.44. The van der Waals surface area contributed by atoms with Crippen LogP contribution in [0.15, 0.2) is 75.9 Å². The molecule has 0 atom stereocenters. The van der Waals surface area contributed by atoms with Gasteiger partial charge in [-0.2, -0.15) is 0 Å². The molecule has 0 aliphatic carbocycles. The molecule has 34 heavy (non-hydrogen) atoms. The third-order valence-corrected chi connectivity index (χ3v) is 6.00. The van der Waals surface area contributed by atoms with Crippen molar-refractivity contribution < 1.29 is 13.9 Å². The quantitative estimate of drug-likeness (QED) is 0.454. The van der Waals surface area contributed by atoms with E-state index in [1.807, 2.05) is 18.2 Å². The van der Waals surface area contributed by atoms with Crippen molar-refractivity contribution in [3.05, 3.63) is 93.4 Å². The summed E-state index contributed by atoms with van der Waals surface area (Å²) in [4.78, 5) is 32.6. The van der Waals surface area contributed by atoms with Gasteiger partial charge in [0.25, 0.3) is 5.91 Å². The van der Waals surface area contributed by atoms with Gasteiger partial charge in [0.15, 0.2) is 11.0 Å². The van der Waals surface area contributed by atoms with Crippen LogP contribution >= 0.6 is 11.6 Å². The number of aromatic nitrogens is 1. The summed E-state index contributed by atoms with van der Waals surface area (Å²) in [5, 5.41) is 3.68. The van der Waals surface area contributed by atoms with E-state index in [9.17, 15) is 9.59 Å². The maximum atomic E-state index is 13.0. The topological polar surface area (TPSA) is 84.7 Å². The molecule has 0 bridgehead atoms. The van der Waals surface area contributed by atoms with Crippen molar-refractivity contribution in [1.82, 2.24) is 9.88 Å². The van der Waals surface area contributed by atoms with E-state index in [0.29, 0.717) is 47.2 Å². The first-order chi connectivity index (χ1) is 16.6. The number of benzene rings is 2. The van der Waals surface area contributed by atoms with Crippen LogP contribution < -0.4 is 10.7 Å². The molecule has 172 valence electrons. The van der Waals surface area contributed by atoms with Crippen molar-refractivity contribution in [2.75, 3.05) is 31.6 Å². The molecule has 1 N–H and O–H groups in total. The van der Waals surface area contributed by atoms with Crippen LogP contribution in [0.3, 0.4) is 0 Å². The van der Waals surface area contributed by atoms with Crippen molar-refractivity contribution >= 4 is 34.2 Å². The van der Waals surface area contributed by atoms with Gasteiger partial charge in [-0.1, -0.05) is 35.9 Å². The lowest BCUT2D eigenvalue weighted by molar-refractivity contribution is 0.0336. The number of fused-ring (bicyclic) bond motifs is 1. The highest BCUT2D eigenvalue weighted by atomic mass is 35.5. The third-order valence-electron chi connectivity index (χ3n) is 5.67. The summed E-state index contributed by atoms with van der Waals surface area (Å²) in [6, 6.07) is 19.0. The first-order valence-electron chi connectivity index (χ1n) is 11.0. The number of amides is 1. The number of carbonyl (C=O) groups is 1. The number of rotatable bonds is 5. The van der Waals surface area contributed by atoms with Gasteiger partial charge in [0, 0.05) is 31.3 Å². The van der Waals surface area contributed by atoms with Crippen LogP contribution in [0.1, 0.15) is 16.2 Å². The molecule has 1 fully saturated rings. The maximum Gasteiger partial charge on any atom is 0.274 e. The number of anilines is 1. The van der Waals surface area contributed by atoms with Crippen LogP contribution in [0.2, 0.25) is 5.02 Å². The lowest BCUT2D eigenvalue weighted by atomic mass is 10.1. The Morgan fingerprint density at radius 3 is 2.65 bits per heavy atom. The number of carbonyl (C=O) groups excluding carboxylic acids is 1. The Morgan fingerprint density at radius 2 is 1.82 bits per heavy atom. The smallest absolute Gasteiger partial charge is 0.274 e. The van der Waals surface area contributed by atoms with E-state index < -0.39 is 0 Å². The first-order valence-corrected chi connectivity index (χ1v) is 11.4. The highest BCUT2D eigenvalue weighted by molar-refractivity contribution is 6.33. The minimum atomic E-state index is -0.387. The monoisotopic (exact) mass is 475 g/mol. The van der Waals surface area contributed by atoms with Crippen molar-refractivity contribution in [3.63, 3.8) is 0 Å². The summed E-state index contributed by atoms with van der Waals surface area (Å²) in [5.74, 6) is -0.0578. The molecule has 0 saturated carbocycles. The van der Waals surface area contributed by atoms with E-state index in [4.69, 9.17) is 20.8 Å². The minimum absolute atomic E-state index is 0.224. The predicted molar refractivity (Wildman–Crippen MR) is 131 cm³/mol. The Morgan fingerprint density at radius 1 is 1.03 bits per heavy atom. The summed E-state index contributed by atoms with van der Waals surface area (Å²) in [6.45, 7) is 3.71. The highest BCUT2D eigenvalue weighted by Crippen LogP contribution is 2.31. The normalized spacial score (nSPS) is 14.3. The zero-order chi connectivity index (χ0) is 23.5. The SMILES string of the molecule is O=C(Nc1cccc2c(=O)cc(-c3ccccc3Cl)oc12)c1cccc(CN2CCOCC2)n1. The van der Waals surface area contributed by atoms with Crippen LogP contribution in [0.4, 0.5) is 5.69 Å². The molecule has 1 aliphatic heterocycles. The Bertz CT molecular complexity index is 1410. The number of nitrogens with one attached hydrogen (secondary N) is 1. The summed E-state index contributed by atoms with van der Waals surface area (Å²) < 4.78 is 11.5. The van der Waals surface area contributed by atoms with Crippen molar-refractivity contribution in [2.24, 2.45) is 0 Å². The molecule has 1 saturated heterocycles. The molecule has 7 nitrogen and oxygen atoms in total. The van der Waals surface area contributed by atoms with Gasteiger partial charge >= 0.3 is 0 Å². The van der Waals surface area contributed by atoms with E-state index in [2.05, 4.69) is 15.2 Å². The summed E-state index contributed by atoms with van der Waals surface area (Å²) >= 11 is 6.30. The Hall–Kier alpha value is -3.52. The molecule has 0 radical (unpaired) electrons. The van der Waals surface area contributed by atoms with E-state index >= 15 is 0 Å². The molecule has 4 aromatic rings. The van der Waals surface area contributed by atoms with Gasteiger partial charge in [-0.3, -0.25) is 14.5 Å². The molecule has 8 heteroatoms. The Kier molecular flexibility index (Phi) is 6.40. The van der Waals surface area contributed by atoms with Gasteiger partial charge in [0.05, 0.1) is 35.0 Å². The second-order valence-electron chi connectivity index (χ2n) is 7.99. The number of morpholine rings is 1. The van der Waals surface area contributed by atoms with E-state index in [-0.39, 0.29) is 22.6 Å². The fourth-order valence-electron chi connectivity index (χ4n) is 3.94. The third kappa shape index (κ3) is 4.72. The maximum absolute atomic E-state index is 13.0. The van der Waals surface area contributed by atoms with Crippen molar-refractivity contribution in [2.45, 2.75) is 6.54 Å². The zero-order valence-electron chi connectivity index (χ0n) is 18.3. The van der Waals surface area contributed by atoms with Crippen LogP contribution in [0.5, 0.6) is 0 Å². The minimum Gasteiger partial charge on any atom is -0.454 e. The van der Waals surface area contributed by atoms with Gasteiger partial charge in [0.1, 0.15) is 11.5 Å². The number of nitrogens with zero attached hydrogens (tertiary/aromatic N) is 2. The molecular formula is C26H22ClN3O4. The Labute approximate surface area is 200 Å². The molecule has 2 aromatic carbocycles. The van der Waals surface area contributed by atoms with Crippen LogP contribution in [0, 0.1) is 0 Å². The predicted octanol–water partition coefficient (Wildman–Crippen LogP) is 4.59. The number of hydrogen-bond acceptors (Lipinski definition) is 6. The fourth-order valence-corrected chi connectivity index (χ4v) is 4.17. The van der Waals surface area contributed by atoms with Gasteiger partial charge in [-0.25, -0.2) is 4.98 Å². The number of para-hydroxylation sites is 1. The largest absolute Gasteiger partial charge is 0.454 e. The summed E-state index contributed by atoms with van der Waals surface area (Å²) in [7, 11) is 0. The molecule has 5 rings (SSSR count). The number of halogens is 1. The van der Waals surface area contributed by atoms with E-state index in [0.717, 1.165) is 18.8 Å². The number of hydrogen-bond donors (Lipinski definition) is 1. The van der Waals surface area contributed by atoms with Crippen molar-refractivity contribution in [1.29, 1.82) is 0 Å². The van der Waals surface area contributed by atoms with Crippen LogP contribution in [-0.4, -0.2) is 42.1 Å². The molecular weight excluding hydrogens is 454 g/mol. The lowest BCUT2D eigenvalue weighted by Crippen LogP contribution is -2.36. The highest BCUT2D eigenvalue weighted by Gasteiger charge is 2.17. The van der Waals surface area contributed by atoms with Gasteiger partial charge < -0.3 is 14.5 Å². The first kappa shape index (κ1) is 22.3. The molecule has 1 amide bonds. The fraction of sp³-hybridized carbons (Fsp3) is 0.192. The molecule has 2 aromatic heterocycles. The van der Waals surface area contributed by atoms with Gasteiger partial charge in [-0.05, 0) is 36.4 Å².